The van der Waals surface area contributed by atoms with Crippen LogP contribution < -0.4 is 0 Å². The first-order valence-corrected chi connectivity index (χ1v) is 5.96. The summed E-state index contributed by atoms with van der Waals surface area (Å²) in [6, 6.07) is 0.341. The van der Waals surface area contributed by atoms with Crippen LogP contribution in [-0.4, -0.2) is 52.6 Å². The molecular weight excluding hydrogens is 208 g/mol. The standard InChI is InChI=1S/C11H18N2O3/c14-10(15)5-8-13(9-3-4-9)11(16)12-6-1-2-7-12/h9H,1-8H2,(H,14,15). The second-order valence-electron chi connectivity index (χ2n) is 4.55. The largest absolute Gasteiger partial charge is 0.481 e. The molecule has 0 unspecified atom stereocenters. The van der Waals surface area contributed by atoms with Crippen molar-refractivity contribution in [3.8, 4) is 0 Å². The van der Waals surface area contributed by atoms with Crippen LogP contribution in [0.1, 0.15) is 32.1 Å². The van der Waals surface area contributed by atoms with Gasteiger partial charge >= 0.3 is 12.0 Å². The Kier molecular flexibility index (Phi) is 3.31. The third-order valence-electron chi connectivity index (χ3n) is 3.18. The number of urea groups is 1. The lowest BCUT2D eigenvalue weighted by Crippen LogP contribution is -2.43. The molecule has 0 radical (unpaired) electrons. The molecule has 0 aromatic heterocycles. The molecule has 1 aliphatic heterocycles. The molecule has 0 spiro atoms. The summed E-state index contributed by atoms with van der Waals surface area (Å²) >= 11 is 0. The van der Waals surface area contributed by atoms with E-state index in [1.54, 1.807) is 4.90 Å². The number of nitrogens with zero attached hydrogens (tertiary/aromatic N) is 2. The Balaban J connectivity index is 1.89. The minimum atomic E-state index is -0.833. The van der Waals surface area contributed by atoms with Gasteiger partial charge in [0, 0.05) is 25.7 Å². The van der Waals surface area contributed by atoms with E-state index in [9.17, 15) is 9.59 Å². The van der Waals surface area contributed by atoms with Gasteiger partial charge in [-0.2, -0.15) is 0 Å². The third kappa shape index (κ3) is 2.65. The zero-order valence-electron chi connectivity index (χ0n) is 9.39. The Hall–Kier alpha value is -1.26. The molecule has 1 saturated carbocycles. The maximum absolute atomic E-state index is 12.1. The van der Waals surface area contributed by atoms with Crippen LogP contribution >= 0.6 is 0 Å². The SMILES string of the molecule is O=C(O)CCN(C(=O)N1CCCC1)C1CC1. The van der Waals surface area contributed by atoms with Crippen molar-refractivity contribution in [2.45, 2.75) is 38.1 Å². The van der Waals surface area contributed by atoms with Gasteiger partial charge in [0.15, 0.2) is 0 Å². The van der Waals surface area contributed by atoms with Crippen LogP contribution in [0.5, 0.6) is 0 Å². The van der Waals surface area contributed by atoms with Crippen molar-refractivity contribution in [1.29, 1.82) is 0 Å². The molecule has 0 aromatic carbocycles. The van der Waals surface area contributed by atoms with E-state index in [0.717, 1.165) is 38.8 Å². The Morgan fingerprint density at radius 2 is 1.88 bits per heavy atom. The number of carboxylic acids is 1. The van der Waals surface area contributed by atoms with Crippen LogP contribution in [0.25, 0.3) is 0 Å². The molecule has 16 heavy (non-hydrogen) atoms. The normalized spacial score (nSPS) is 19.9. The fourth-order valence-electron chi connectivity index (χ4n) is 2.13. The van der Waals surface area contributed by atoms with Gasteiger partial charge in [0.05, 0.1) is 6.42 Å². The summed E-state index contributed by atoms with van der Waals surface area (Å²) in [5.74, 6) is -0.833. The summed E-state index contributed by atoms with van der Waals surface area (Å²) in [7, 11) is 0. The number of rotatable bonds is 4. The lowest BCUT2D eigenvalue weighted by Gasteiger charge is -2.27. The highest BCUT2D eigenvalue weighted by Crippen LogP contribution is 2.28. The highest BCUT2D eigenvalue weighted by atomic mass is 16.4. The van der Waals surface area contributed by atoms with Crippen LogP contribution in [-0.2, 0) is 4.79 Å². The molecule has 1 aliphatic carbocycles. The second kappa shape index (κ2) is 4.72. The molecule has 0 aromatic rings. The quantitative estimate of drug-likeness (QED) is 0.782. The zero-order valence-corrected chi connectivity index (χ0v) is 9.39. The maximum atomic E-state index is 12.1. The Morgan fingerprint density at radius 1 is 1.25 bits per heavy atom. The van der Waals surface area contributed by atoms with Gasteiger partial charge in [0.1, 0.15) is 0 Å². The third-order valence-corrected chi connectivity index (χ3v) is 3.18. The van der Waals surface area contributed by atoms with E-state index in [2.05, 4.69) is 0 Å². The molecule has 5 heteroatoms. The van der Waals surface area contributed by atoms with Crippen LogP contribution in [0.3, 0.4) is 0 Å². The Labute approximate surface area is 95.0 Å². The maximum Gasteiger partial charge on any atom is 0.320 e. The number of carbonyl (C=O) groups is 2. The van der Waals surface area contributed by atoms with Crippen molar-refractivity contribution >= 4 is 12.0 Å². The minimum absolute atomic E-state index is 0.0428. The van der Waals surface area contributed by atoms with Gasteiger partial charge in [-0.05, 0) is 25.7 Å². The van der Waals surface area contributed by atoms with Crippen molar-refractivity contribution in [3.63, 3.8) is 0 Å². The molecular formula is C11H18N2O3. The summed E-state index contributed by atoms with van der Waals surface area (Å²) in [5, 5.41) is 8.66. The molecule has 1 heterocycles. The van der Waals surface area contributed by atoms with Crippen molar-refractivity contribution in [3.05, 3.63) is 0 Å². The number of carbonyl (C=O) groups excluding carboxylic acids is 1. The number of carboxylic acid groups (broad SMARTS) is 1. The molecule has 2 fully saturated rings. The van der Waals surface area contributed by atoms with Crippen LogP contribution in [0, 0.1) is 0 Å². The highest BCUT2D eigenvalue weighted by Gasteiger charge is 2.35. The molecule has 2 aliphatic rings. The Morgan fingerprint density at radius 3 is 2.38 bits per heavy atom. The molecule has 2 amide bonds. The first-order chi connectivity index (χ1) is 7.68. The van der Waals surface area contributed by atoms with Crippen LogP contribution in [0.4, 0.5) is 4.79 Å². The summed E-state index contributed by atoms with van der Waals surface area (Å²) in [5.41, 5.74) is 0. The van der Waals surface area contributed by atoms with E-state index in [1.165, 1.54) is 0 Å². The van der Waals surface area contributed by atoms with E-state index >= 15 is 0 Å². The van der Waals surface area contributed by atoms with Gasteiger partial charge in [-0.3, -0.25) is 4.79 Å². The molecule has 90 valence electrons. The summed E-state index contributed by atoms with van der Waals surface area (Å²) in [4.78, 5) is 26.2. The van der Waals surface area contributed by atoms with E-state index in [1.807, 2.05) is 4.90 Å². The number of amides is 2. The number of hydrogen-bond acceptors (Lipinski definition) is 2. The molecule has 1 N–H and O–H groups in total. The van der Waals surface area contributed by atoms with E-state index in [0.29, 0.717) is 12.6 Å². The minimum Gasteiger partial charge on any atom is -0.481 e. The van der Waals surface area contributed by atoms with Gasteiger partial charge in [-0.1, -0.05) is 0 Å². The monoisotopic (exact) mass is 226 g/mol. The first kappa shape index (κ1) is 11.2. The average molecular weight is 226 g/mol. The lowest BCUT2D eigenvalue weighted by atomic mass is 10.3. The van der Waals surface area contributed by atoms with Gasteiger partial charge in [-0.25, -0.2) is 4.79 Å². The van der Waals surface area contributed by atoms with Gasteiger partial charge in [0.25, 0.3) is 0 Å². The van der Waals surface area contributed by atoms with E-state index < -0.39 is 5.97 Å². The average Bonchev–Trinajstić information content (AvgIpc) is 2.93. The fraction of sp³-hybridized carbons (Fsp3) is 0.818. The van der Waals surface area contributed by atoms with Gasteiger partial charge in [0.2, 0.25) is 0 Å². The first-order valence-electron chi connectivity index (χ1n) is 5.96. The summed E-state index contributed by atoms with van der Waals surface area (Å²) < 4.78 is 0. The van der Waals surface area contributed by atoms with Crippen molar-refractivity contribution in [2.75, 3.05) is 19.6 Å². The zero-order chi connectivity index (χ0) is 11.5. The molecule has 1 saturated heterocycles. The highest BCUT2D eigenvalue weighted by molar-refractivity contribution is 5.76. The lowest BCUT2D eigenvalue weighted by molar-refractivity contribution is -0.137. The predicted molar refractivity (Wildman–Crippen MR) is 58.2 cm³/mol. The molecule has 0 bridgehead atoms. The number of aliphatic carboxylic acids is 1. The van der Waals surface area contributed by atoms with Crippen LogP contribution in [0.15, 0.2) is 0 Å². The van der Waals surface area contributed by atoms with Crippen molar-refractivity contribution < 1.29 is 14.7 Å². The van der Waals surface area contributed by atoms with Crippen molar-refractivity contribution in [2.24, 2.45) is 0 Å². The Bertz CT molecular complexity index is 283. The van der Waals surface area contributed by atoms with Gasteiger partial charge < -0.3 is 14.9 Å². The topological polar surface area (TPSA) is 60.9 Å². The van der Waals surface area contributed by atoms with Crippen molar-refractivity contribution in [1.82, 2.24) is 9.80 Å². The molecule has 0 atom stereocenters. The predicted octanol–water partition coefficient (Wildman–Crippen LogP) is 1.14. The number of likely N-dealkylation sites (tertiary alicyclic amines) is 1. The summed E-state index contributed by atoms with van der Waals surface area (Å²) in [6.07, 6.45) is 4.25. The second-order valence-corrected chi connectivity index (χ2v) is 4.55. The molecule has 5 nitrogen and oxygen atoms in total. The molecule has 2 rings (SSSR count). The van der Waals surface area contributed by atoms with E-state index in [4.69, 9.17) is 5.11 Å². The smallest absolute Gasteiger partial charge is 0.320 e. The van der Waals surface area contributed by atoms with E-state index in [-0.39, 0.29) is 12.5 Å². The van der Waals surface area contributed by atoms with Gasteiger partial charge in [-0.15, -0.1) is 0 Å². The van der Waals surface area contributed by atoms with Crippen LogP contribution in [0.2, 0.25) is 0 Å². The fourth-order valence-corrected chi connectivity index (χ4v) is 2.13. The number of hydrogen-bond donors (Lipinski definition) is 1. The summed E-state index contributed by atoms with van der Waals surface area (Å²) in [6.45, 7) is 2.01.